The van der Waals surface area contributed by atoms with E-state index in [9.17, 15) is 27.5 Å². The Kier molecular flexibility index (Phi) is 6.13. The van der Waals surface area contributed by atoms with Gasteiger partial charge in [0, 0.05) is 11.1 Å². The molecule has 2 heterocycles. The molecule has 0 aliphatic carbocycles. The number of aliphatic carboxylic acids is 1. The smallest absolute Gasteiger partial charge is 0.452 e. The highest BCUT2D eigenvalue weighted by Gasteiger charge is 2.44. The molecule has 0 spiro atoms. The lowest BCUT2D eigenvalue weighted by molar-refractivity contribution is -0.146. The number of fused-ring (bicyclic) bond motifs is 3. The van der Waals surface area contributed by atoms with E-state index in [2.05, 4.69) is 10.2 Å². The fraction of sp³-hybridized carbons (Fsp3) is 0.286. The molecule has 34 heavy (non-hydrogen) atoms. The van der Waals surface area contributed by atoms with Crippen molar-refractivity contribution in [1.29, 1.82) is 0 Å². The van der Waals surface area contributed by atoms with Gasteiger partial charge in [-0.15, -0.1) is 10.2 Å². The van der Waals surface area contributed by atoms with Gasteiger partial charge in [-0.1, -0.05) is 23.7 Å². The molecule has 1 aliphatic heterocycles. The molecule has 0 unspecified atom stereocenters. The van der Waals surface area contributed by atoms with Crippen molar-refractivity contribution in [2.45, 2.75) is 24.8 Å². The van der Waals surface area contributed by atoms with Crippen LogP contribution in [0.3, 0.4) is 0 Å². The molecule has 0 saturated carbocycles. The number of halogens is 5. The van der Waals surface area contributed by atoms with Crippen LogP contribution in [-0.2, 0) is 15.7 Å². The Morgan fingerprint density at radius 2 is 1.94 bits per heavy atom. The topological polar surface area (TPSA) is 95.7 Å². The molecule has 0 radical (unpaired) electrons. The lowest BCUT2D eigenvalue weighted by atomic mass is 9.98. The first-order valence-corrected chi connectivity index (χ1v) is 10.0. The number of methoxy groups -OCH3 is 2. The molecule has 180 valence electrons. The zero-order chi connectivity index (χ0) is 24.8. The number of benzene rings is 2. The van der Waals surface area contributed by atoms with Crippen LogP contribution in [0.2, 0.25) is 5.02 Å². The first-order valence-electron chi connectivity index (χ1n) is 9.66. The number of nitrogens with zero attached hydrogens (tertiary/aromatic N) is 3. The predicted molar refractivity (Wildman–Crippen MR) is 109 cm³/mol. The molecule has 13 heteroatoms. The monoisotopic (exact) mass is 501 g/mol. The minimum atomic E-state index is -4.99. The van der Waals surface area contributed by atoms with Crippen molar-refractivity contribution in [3.8, 4) is 17.2 Å². The van der Waals surface area contributed by atoms with E-state index in [1.54, 1.807) is 18.2 Å². The van der Waals surface area contributed by atoms with Crippen LogP contribution in [0.15, 0.2) is 30.3 Å². The number of rotatable bonds is 5. The number of carboxylic acids is 1. The molecule has 4 rings (SSSR count). The molecular weight excluding hydrogens is 486 g/mol. The number of carbonyl (C=O) groups is 1. The summed E-state index contributed by atoms with van der Waals surface area (Å²) in [4.78, 5) is 11.6. The molecule has 3 aromatic rings. The fourth-order valence-electron chi connectivity index (χ4n) is 3.84. The molecule has 1 aliphatic rings. The van der Waals surface area contributed by atoms with Crippen LogP contribution in [0.1, 0.15) is 41.4 Å². The van der Waals surface area contributed by atoms with E-state index in [-0.39, 0.29) is 33.3 Å². The summed E-state index contributed by atoms with van der Waals surface area (Å²) in [6.45, 7) is 0. The lowest BCUT2D eigenvalue weighted by Crippen LogP contribution is -2.17. The van der Waals surface area contributed by atoms with Gasteiger partial charge < -0.3 is 19.3 Å². The number of hydrogen-bond donors (Lipinski definition) is 1. The third kappa shape index (κ3) is 4.03. The second kappa shape index (κ2) is 8.76. The molecular formula is C21H16ClF4N3O5. The molecule has 8 nitrogen and oxygen atoms in total. The van der Waals surface area contributed by atoms with Gasteiger partial charge in [0.05, 0.1) is 31.4 Å². The summed E-state index contributed by atoms with van der Waals surface area (Å²) >= 11 is 5.99. The molecule has 1 N–H and O–H groups in total. The van der Waals surface area contributed by atoms with Gasteiger partial charge >= 0.3 is 12.1 Å². The second-order valence-corrected chi connectivity index (χ2v) is 7.63. The number of carboxylic acid groups (broad SMARTS) is 1. The maximum absolute atomic E-state index is 14.5. The summed E-state index contributed by atoms with van der Waals surface area (Å²) in [6, 6.07) is 6.64. The van der Waals surface area contributed by atoms with Gasteiger partial charge in [-0.2, -0.15) is 13.2 Å². The SMILES string of the molecule is COc1cccc([C@H]2O[C@H](CC(=O)O)c3nnc(C(F)(F)F)n3-c3cc(F)c(Cl)cc32)c1OC. The highest BCUT2D eigenvalue weighted by Crippen LogP contribution is 2.47. The molecule has 0 amide bonds. The van der Waals surface area contributed by atoms with Crippen molar-refractivity contribution >= 4 is 17.6 Å². The average molecular weight is 502 g/mol. The normalized spacial score (nSPS) is 17.5. The van der Waals surface area contributed by atoms with E-state index in [1.807, 2.05) is 0 Å². The van der Waals surface area contributed by atoms with Crippen LogP contribution in [-0.4, -0.2) is 40.1 Å². The largest absolute Gasteiger partial charge is 0.493 e. The van der Waals surface area contributed by atoms with Crippen LogP contribution in [0, 0.1) is 5.82 Å². The summed E-state index contributed by atoms with van der Waals surface area (Å²) in [6.07, 6.45) is -8.45. The molecule has 2 atom stereocenters. The van der Waals surface area contributed by atoms with E-state index in [1.165, 1.54) is 14.2 Å². The number of para-hydroxylation sites is 1. The minimum Gasteiger partial charge on any atom is -0.493 e. The first kappa shape index (κ1) is 23.8. The Morgan fingerprint density at radius 3 is 2.56 bits per heavy atom. The van der Waals surface area contributed by atoms with Gasteiger partial charge in [0.25, 0.3) is 0 Å². The number of hydrogen-bond acceptors (Lipinski definition) is 6. The van der Waals surface area contributed by atoms with E-state index < -0.39 is 48.2 Å². The Balaban J connectivity index is 2.07. The first-order chi connectivity index (χ1) is 16.1. The highest BCUT2D eigenvalue weighted by molar-refractivity contribution is 6.30. The molecule has 0 saturated heterocycles. The summed E-state index contributed by atoms with van der Waals surface area (Å²) in [5, 5.41) is 15.8. The average Bonchev–Trinajstić information content (AvgIpc) is 3.18. The third-order valence-electron chi connectivity index (χ3n) is 5.20. The predicted octanol–water partition coefficient (Wildman–Crippen LogP) is 4.73. The van der Waals surface area contributed by atoms with E-state index in [0.29, 0.717) is 4.57 Å². The summed E-state index contributed by atoms with van der Waals surface area (Å²) in [5.41, 5.74) is -0.0113. The van der Waals surface area contributed by atoms with Crippen LogP contribution in [0.4, 0.5) is 17.6 Å². The molecule has 1 aromatic heterocycles. The molecule has 2 aromatic carbocycles. The van der Waals surface area contributed by atoms with Crippen molar-refractivity contribution in [2.24, 2.45) is 0 Å². The van der Waals surface area contributed by atoms with Crippen LogP contribution in [0.25, 0.3) is 5.69 Å². The summed E-state index contributed by atoms with van der Waals surface area (Å²) in [5.74, 6) is -3.82. The van der Waals surface area contributed by atoms with Crippen LogP contribution in [0.5, 0.6) is 11.5 Å². The van der Waals surface area contributed by atoms with E-state index >= 15 is 0 Å². The van der Waals surface area contributed by atoms with Crippen molar-refractivity contribution in [1.82, 2.24) is 14.8 Å². The van der Waals surface area contributed by atoms with Crippen LogP contribution < -0.4 is 9.47 Å². The maximum atomic E-state index is 14.5. The van der Waals surface area contributed by atoms with Gasteiger partial charge in [0.15, 0.2) is 17.3 Å². The zero-order valence-corrected chi connectivity index (χ0v) is 18.3. The number of aromatic nitrogens is 3. The van der Waals surface area contributed by atoms with Gasteiger partial charge in [0.1, 0.15) is 18.0 Å². The number of ether oxygens (including phenoxy) is 3. The van der Waals surface area contributed by atoms with Crippen molar-refractivity contribution in [2.75, 3.05) is 14.2 Å². The summed E-state index contributed by atoms with van der Waals surface area (Å²) < 4.78 is 73.3. The molecule has 0 fully saturated rings. The maximum Gasteiger partial charge on any atom is 0.452 e. The van der Waals surface area contributed by atoms with E-state index in [4.69, 9.17) is 25.8 Å². The van der Waals surface area contributed by atoms with Gasteiger partial charge in [-0.3, -0.25) is 9.36 Å². The Morgan fingerprint density at radius 1 is 1.21 bits per heavy atom. The Bertz CT molecular complexity index is 1260. The van der Waals surface area contributed by atoms with Gasteiger partial charge in [-0.25, -0.2) is 4.39 Å². The van der Waals surface area contributed by atoms with Crippen molar-refractivity contribution in [3.05, 3.63) is 63.9 Å². The third-order valence-corrected chi connectivity index (χ3v) is 5.49. The molecule has 0 bridgehead atoms. The quantitative estimate of drug-likeness (QED) is 0.505. The standard InChI is InChI=1S/C21H16ClF4N3O5/c1-32-14-5-3-4-9(18(14)33-2)17-10-6-11(22)12(23)7-13(10)29-19(15(34-17)8-16(30)31)27-28-20(29)21(24,25)26/h3-7,15,17H,8H2,1-2H3,(H,30,31)/t15-,17-/m1/s1. The van der Waals surface area contributed by atoms with Crippen molar-refractivity contribution < 1.29 is 41.7 Å². The second-order valence-electron chi connectivity index (χ2n) is 7.23. The zero-order valence-electron chi connectivity index (χ0n) is 17.6. The van der Waals surface area contributed by atoms with Gasteiger partial charge in [0.2, 0.25) is 5.82 Å². The number of alkyl halides is 3. The van der Waals surface area contributed by atoms with Crippen LogP contribution >= 0.6 is 11.6 Å². The minimum absolute atomic E-state index is 0.0115. The van der Waals surface area contributed by atoms with Crippen molar-refractivity contribution in [3.63, 3.8) is 0 Å². The van der Waals surface area contributed by atoms with Gasteiger partial charge in [-0.05, 0) is 18.2 Å². The lowest BCUT2D eigenvalue weighted by Gasteiger charge is -2.24. The highest BCUT2D eigenvalue weighted by atomic mass is 35.5. The fourth-order valence-corrected chi connectivity index (χ4v) is 4.01. The Hall–Kier alpha value is -3.38. The summed E-state index contributed by atoms with van der Waals surface area (Å²) in [7, 11) is 2.74. The van der Waals surface area contributed by atoms with E-state index in [0.717, 1.165) is 12.1 Å². The Labute approximate surface area is 194 Å².